The van der Waals surface area contributed by atoms with E-state index in [2.05, 4.69) is 10.5 Å². The summed E-state index contributed by atoms with van der Waals surface area (Å²) in [5.74, 6) is -0.0765. The van der Waals surface area contributed by atoms with Crippen molar-refractivity contribution >= 4 is 28.4 Å². The molecule has 7 heteroatoms. The largest absolute Gasteiger partial charge is 0.363 e. The smallest absolute Gasteiger partial charge is 0.254 e. The lowest BCUT2D eigenvalue weighted by molar-refractivity contribution is -0.886. The van der Waals surface area contributed by atoms with Crippen LogP contribution in [0.4, 0.5) is 5.82 Å². The summed E-state index contributed by atoms with van der Waals surface area (Å²) in [7, 11) is 0. The summed E-state index contributed by atoms with van der Waals surface area (Å²) in [5, 5.41) is 8.46. The third-order valence-electron chi connectivity index (χ3n) is 5.37. The summed E-state index contributed by atoms with van der Waals surface area (Å²) in [6, 6.07) is 15.2. The highest BCUT2D eigenvalue weighted by molar-refractivity contribution is 6.01. The fourth-order valence-electron chi connectivity index (χ4n) is 3.81. The number of nitrogens with zero attached hydrogens (tertiary/aromatic N) is 2. The Labute approximate surface area is 169 Å². The third kappa shape index (κ3) is 4.81. The Morgan fingerprint density at radius 2 is 1.86 bits per heavy atom. The Bertz CT molecular complexity index is 981. The minimum absolute atomic E-state index is 0.0220. The zero-order valence-electron chi connectivity index (χ0n) is 16.3. The van der Waals surface area contributed by atoms with Crippen molar-refractivity contribution in [2.75, 3.05) is 38.0 Å². The molecule has 3 aromatic rings. The Kier molecular flexibility index (Phi) is 5.86. The summed E-state index contributed by atoms with van der Waals surface area (Å²) in [5.41, 5.74) is 0.592. The maximum atomic E-state index is 13.2. The van der Waals surface area contributed by atoms with Gasteiger partial charge in [0.15, 0.2) is 5.82 Å². The Hall–Kier alpha value is -3.19. The lowest BCUT2D eigenvalue weighted by atomic mass is 10.1. The molecule has 1 aromatic heterocycles. The second kappa shape index (κ2) is 8.87. The number of hydrogen-bond acceptors (Lipinski definition) is 4. The van der Waals surface area contributed by atoms with Crippen LogP contribution in [0.15, 0.2) is 59.3 Å². The van der Waals surface area contributed by atoms with Crippen LogP contribution in [0, 0.1) is 0 Å². The van der Waals surface area contributed by atoms with Gasteiger partial charge >= 0.3 is 0 Å². The minimum atomic E-state index is -0.288. The van der Waals surface area contributed by atoms with Crippen LogP contribution in [-0.4, -0.2) is 54.6 Å². The molecule has 0 aliphatic carbocycles. The van der Waals surface area contributed by atoms with Gasteiger partial charge < -0.3 is 19.6 Å². The van der Waals surface area contributed by atoms with Crippen molar-refractivity contribution in [3.8, 4) is 0 Å². The van der Waals surface area contributed by atoms with Crippen LogP contribution in [-0.2, 0) is 4.79 Å². The van der Waals surface area contributed by atoms with Crippen molar-refractivity contribution < 1.29 is 19.0 Å². The first-order valence-corrected chi connectivity index (χ1v) is 10.0. The van der Waals surface area contributed by atoms with Gasteiger partial charge in [-0.05, 0) is 22.9 Å². The van der Waals surface area contributed by atoms with E-state index in [4.69, 9.17) is 4.52 Å². The van der Waals surface area contributed by atoms with E-state index in [1.807, 2.05) is 42.5 Å². The molecule has 2 amide bonds. The summed E-state index contributed by atoms with van der Waals surface area (Å²) in [6.07, 6.45) is 3.84. The summed E-state index contributed by atoms with van der Waals surface area (Å²) in [6.45, 7) is 3.61. The van der Waals surface area contributed by atoms with Gasteiger partial charge in [0, 0.05) is 24.5 Å². The Morgan fingerprint density at radius 1 is 1.07 bits per heavy atom. The zero-order chi connectivity index (χ0) is 20.1. The summed E-state index contributed by atoms with van der Waals surface area (Å²) >= 11 is 0. The molecule has 0 radical (unpaired) electrons. The van der Waals surface area contributed by atoms with Crippen LogP contribution in [0.3, 0.4) is 0 Å². The first kappa shape index (κ1) is 19.1. The molecule has 1 fully saturated rings. The molecule has 1 aliphatic heterocycles. The molecule has 0 saturated carbocycles. The molecule has 0 atom stereocenters. The highest BCUT2D eigenvalue weighted by Gasteiger charge is 2.23. The summed E-state index contributed by atoms with van der Waals surface area (Å²) in [4.78, 5) is 28.8. The second-order valence-corrected chi connectivity index (χ2v) is 7.43. The molecule has 7 nitrogen and oxygen atoms in total. The quantitative estimate of drug-likeness (QED) is 0.639. The molecule has 0 unspecified atom stereocenters. The van der Waals surface area contributed by atoms with Gasteiger partial charge in [0.2, 0.25) is 5.91 Å². The van der Waals surface area contributed by atoms with Crippen LogP contribution >= 0.6 is 0 Å². The number of quaternary nitrogens is 1. The van der Waals surface area contributed by atoms with E-state index in [1.54, 1.807) is 11.0 Å². The molecule has 2 heterocycles. The van der Waals surface area contributed by atoms with Crippen molar-refractivity contribution in [3.63, 3.8) is 0 Å². The van der Waals surface area contributed by atoms with E-state index in [0.717, 1.165) is 30.4 Å². The highest BCUT2D eigenvalue weighted by Crippen LogP contribution is 2.17. The number of benzene rings is 2. The number of anilines is 1. The van der Waals surface area contributed by atoms with E-state index in [-0.39, 0.29) is 18.4 Å². The van der Waals surface area contributed by atoms with Crippen molar-refractivity contribution in [2.24, 2.45) is 0 Å². The number of hydrogen-bond donors (Lipinski definition) is 2. The molecule has 2 aromatic carbocycles. The van der Waals surface area contributed by atoms with E-state index in [1.165, 1.54) is 24.0 Å². The molecule has 150 valence electrons. The van der Waals surface area contributed by atoms with Gasteiger partial charge in [0.1, 0.15) is 12.8 Å². The number of nitrogens with one attached hydrogen (secondary N) is 2. The number of aromatic nitrogens is 1. The number of amides is 2. The molecular formula is C22H25N4O3+. The SMILES string of the molecule is O=C(CN(CC[NH+]1CCCC1)C(=O)c1ccc2ccccc2c1)Nc1ccon1. The van der Waals surface area contributed by atoms with Gasteiger partial charge in [0.05, 0.1) is 26.2 Å². The molecule has 2 N–H and O–H groups in total. The Balaban J connectivity index is 1.50. The molecular weight excluding hydrogens is 368 g/mol. The van der Waals surface area contributed by atoms with Crippen molar-refractivity contribution in [2.45, 2.75) is 12.8 Å². The predicted molar refractivity (Wildman–Crippen MR) is 110 cm³/mol. The van der Waals surface area contributed by atoms with Crippen LogP contribution < -0.4 is 10.2 Å². The standard InChI is InChI=1S/C22H24N4O3/c27-21(23-20-9-14-29-24-20)16-26(13-12-25-10-3-4-11-25)22(28)19-8-7-17-5-1-2-6-18(17)15-19/h1-2,5-9,14-15H,3-4,10-13,16H2,(H,23,24,27)/p+1. The molecule has 4 rings (SSSR count). The summed E-state index contributed by atoms with van der Waals surface area (Å²) < 4.78 is 4.74. The van der Waals surface area contributed by atoms with E-state index < -0.39 is 0 Å². The molecule has 0 spiro atoms. The average molecular weight is 393 g/mol. The maximum absolute atomic E-state index is 13.2. The molecule has 1 saturated heterocycles. The molecule has 0 bridgehead atoms. The number of fused-ring (bicyclic) bond motifs is 1. The first-order valence-electron chi connectivity index (χ1n) is 10.0. The van der Waals surface area contributed by atoms with E-state index in [9.17, 15) is 9.59 Å². The lowest BCUT2D eigenvalue weighted by Gasteiger charge is -2.24. The predicted octanol–water partition coefficient (Wildman–Crippen LogP) is 1.59. The minimum Gasteiger partial charge on any atom is -0.363 e. The zero-order valence-corrected chi connectivity index (χ0v) is 16.3. The van der Waals surface area contributed by atoms with Crippen molar-refractivity contribution in [3.05, 3.63) is 60.4 Å². The lowest BCUT2D eigenvalue weighted by Crippen LogP contribution is -3.10. The van der Waals surface area contributed by atoms with Gasteiger partial charge in [-0.3, -0.25) is 9.59 Å². The van der Waals surface area contributed by atoms with Crippen LogP contribution in [0.2, 0.25) is 0 Å². The number of carbonyl (C=O) groups excluding carboxylic acids is 2. The van der Waals surface area contributed by atoms with E-state index in [0.29, 0.717) is 17.9 Å². The Morgan fingerprint density at radius 3 is 2.62 bits per heavy atom. The fraction of sp³-hybridized carbons (Fsp3) is 0.318. The van der Waals surface area contributed by atoms with Gasteiger partial charge in [-0.25, -0.2) is 0 Å². The fourth-order valence-corrected chi connectivity index (χ4v) is 3.81. The third-order valence-corrected chi connectivity index (χ3v) is 5.37. The van der Waals surface area contributed by atoms with Crippen LogP contribution in [0.1, 0.15) is 23.2 Å². The number of carbonyl (C=O) groups is 2. The highest BCUT2D eigenvalue weighted by atomic mass is 16.5. The topological polar surface area (TPSA) is 79.9 Å². The number of likely N-dealkylation sites (tertiary alicyclic amines) is 1. The number of rotatable bonds is 7. The normalized spacial score (nSPS) is 14.2. The van der Waals surface area contributed by atoms with Gasteiger partial charge in [-0.2, -0.15) is 0 Å². The van der Waals surface area contributed by atoms with Crippen LogP contribution in [0.25, 0.3) is 10.8 Å². The van der Waals surface area contributed by atoms with Crippen LogP contribution in [0.5, 0.6) is 0 Å². The van der Waals surface area contributed by atoms with Crippen molar-refractivity contribution in [1.82, 2.24) is 10.1 Å². The molecule has 1 aliphatic rings. The maximum Gasteiger partial charge on any atom is 0.254 e. The molecule has 29 heavy (non-hydrogen) atoms. The van der Waals surface area contributed by atoms with E-state index >= 15 is 0 Å². The second-order valence-electron chi connectivity index (χ2n) is 7.43. The first-order chi connectivity index (χ1) is 14.2. The average Bonchev–Trinajstić information content (AvgIpc) is 3.44. The van der Waals surface area contributed by atoms with Crippen molar-refractivity contribution in [1.29, 1.82) is 0 Å². The van der Waals surface area contributed by atoms with Gasteiger partial charge in [-0.15, -0.1) is 0 Å². The van der Waals surface area contributed by atoms with Gasteiger partial charge in [0.25, 0.3) is 5.91 Å². The monoisotopic (exact) mass is 393 g/mol. The van der Waals surface area contributed by atoms with Gasteiger partial charge in [-0.1, -0.05) is 35.5 Å².